The minimum Gasteiger partial charge on any atom is -0.508 e. The van der Waals surface area contributed by atoms with Crippen LogP contribution in [0.4, 0.5) is 0 Å². The average Bonchev–Trinajstić information content (AvgIpc) is 2.51. The summed E-state index contributed by atoms with van der Waals surface area (Å²) in [6.45, 7) is 4.29. The van der Waals surface area contributed by atoms with Crippen LogP contribution in [-0.2, 0) is 14.3 Å². The number of carboxylic acids is 1. The van der Waals surface area contributed by atoms with Crippen molar-refractivity contribution in [3.63, 3.8) is 0 Å². The molecule has 2 N–H and O–H groups in total. The van der Waals surface area contributed by atoms with Crippen LogP contribution < -0.4 is 0 Å². The molecule has 1 aromatic carbocycles. The van der Waals surface area contributed by atoms with E-state index in [1.807, 2.05) is 38.1 Å². The Balaban J connectivity index is 2.00. The van der Waals surface area contributed by atoms with E-state index in [0.29, 0.717) is 13.0 Å². The van der Waals surface area contributed by atoms with Crippen molar-refractivity contribution in [2.75, 3.05) is 6.61 Å². The lowest BCUT2D eigenvalue weighted by Gasteiger charge is -2.41. The molecule has 0 saturated carbocycles. The van der Waals surface area contributed by atoms with Crippen LogP contribution in [0.15, 0.2) is 36.4 Å². The molecule has 5 nitrogen and oxygen atoms in total. The lowest BCUT2D eigenvalue weighted by Crippen LogP contribution is -2.41. The Hall–Kier alpha value is -1.85. The molecule has 1 heterocycles. The van der Waals surface area contributed by atoms with E-state index in [4.69, 9.17) is 14.6 Å². The number of ether oxygens (including phenoxy) is 2. The Labute approximate surface area is 142 Å². The Morgan fingerprint density at radius 2 is 2.08 bits per heavy atom. The van der Waals surface area contributed by atoms with Crippen molar-refractivity contribution in [1.29, 1.82) is 0 Å². The third-order valence-electron chi connectivity index (χ3n) is 4.09. The zero-order valence-electron chi connectivity index (χ0n) is 14.3. The summed E-state index contributed by atoms with van der Waals surface area (Å²) in [6.07, 6.45) is 6.14. The van der Waals surface area contributed by atoms with Gasteiger partial charge in [0.1, 0.15) is 5.75 Å². The molecule has 0 spiro atoms. The number of carbonyl (C=O) groups is 1. The normalized spacial score (nSPS) is 23.4. The van der Waals surface area contributed by atoms with Gasteiger partial charge in [0, 0.05) is 17.9 Å². The topological polar surface area (TPSA) is 76.0 Å². The lowest BCUT2D eigenvalue weighted by atomic mass is 9.91. The van der Waals surface area contributed by atoms with Crippen LogP contribution in [0.2, 0.25) is 0 Å². The van der Waals surface area contributed by atoms with Crippen molar-refractivity contribution >= 4 is 5.97 Å². The fraction of sp³-hybridized carbons (Fsp3) is 0.526. The van der Waals surface area contributed by atoms with Crippen molar-refractivity contribution < 1.29 is 24.5 Å². The smallest absolute Gasteiger partial charge is 0.303 e. The van der Waals surface area contributed by atoms with Gasteiger partial charge in [-0.1, -0.05) is 30.4 Å². The molecule has 0 amide bonds. The number of phenolic OH excluding ortho intramolecular Hbond substituents is 1. The molecule has 1 fully saturated rings. The first-order valence-electron chi connectivity index (χ1n) is 8.35. The Morgan fingerprint density at radius 3 is 2.79 bits per heavy atom. The van der Waals surface area contributed by atoms with Crippen LogP contribution >= 0.6 is 0 Å². The number of hydrogen-bond donors (Lipinski definition) is 2. The first-order valence-corrected chi connectivity index (χ1v) is 8.35. The van der Waals surface area contributed by atoms with Gasteiger partial charge < -0.3 is 19.7 Å². The molecule has 1 aromatic rings. The van der Waals surface area contributed by atoms with E-state index >= 15 is 0 Å². The van der Waals surface area contributed by atoms with Crippen LogP contribution in [0.3, 0.4) is 0 Å². The third kappa shape index (κ3) is 5.35. The van der Waals surface area contributed by atoms with Crippen molar-refractivity contribution in [2.45, 2.75) is 51.4 Å². The van der Waals surface area contributed by atoms with Gasteiger partial charge in [0.25, 0.3) is 0 Å². The number of unbranched alkanes of at least 4 members (excludes halogenated alkanes) is 1. The molecule has 2 unspecified atom stereocenters. The minimum absolute atomic E-state index is 0.0991. The number of para-hydroxylation sites is 1. The van der Waals surface area contributed by atoms with Crippen LogP contribution in [0.25, 0.3) is 0 Å². The molecule has 2 atom stereocenters. The summed E-state index contributed by atoms with van der Waals surface area (Å²) in [7, 11) is 0. The number of aliphatic carboxylic acids is 1. The SMILES string of the molecule is CC1(C)OCC(C/C=C\CCCC(=O)O)C(c2ccccc2O)O1. The van der Waals surface area contributed by atoms with Gasteiger partial charge in [-0.15, -0.1) is 0 Å². The second-order valence-corrected chi connectivity index (χ2v) is 6.56. The third-order valence-corrected chi connectivity index (χ3v) is 4.09. The maximum absolute atomic E-state index is 10.5. The van der Waals surface area contributed by atoms with Crippen LogP contribution in [0, 0.1) is 5.92 Å². The van der Waals surface area contributed by atoms with Gasteiger partial charge >= 0.3 is 5.97 Å². The Kier molecular flexibility index (Phi) is 6.40. The molecule has 1 aliphatic rings. The average molecular weight is 334 g/mol. The number of carboxylic acid groups (broad SMARTS) is 1. The van der Waals surface area contributed by atoms with Gasteiger partial charge in [-0.3, -0.25) is 4.79 Å². The largest absolute Gasteiger partial charge is 0.508 e. The number of aromatic hydroxyl groups is 1. The lowest BCUT2D eigenvalue weighted by molar-refractivity contribution is -0.295. The van der Waals surface area contributed by atoms with Gasteiger partial charge in [0.05, 0.1) is 12.7 Å². The monoisotopic (exact) mass is 334 g/mol. The molecular formula is C19H26O5. The van der Waals surface area contributed by atoms with Gasteiger partial charge in [-0.05, 0) is 39.2 Å². The van der Waals surface area contributed by atoms with Crippen LogP contribution in [0.1, 0.15) is 51.2 Å². The molecular weight excluding hydrogens is 308 g/mol. The molecule has 1 aliphatic heterocycles. The first-order chi connectivity index (χ1) is 11.4. The maximum Gasteiger partial charge on any atom is 0.303 e. The first kappa shape index (κ1) is 18.5. The highest BCUT2D eigenvalue weighted by Gasteiger charge is 2.37. The second-order valence-electron chi connectivity index (χ2n) is 6.56. The molecule has 0 bridgehead atoms. The van der Waals surface area contributed by atoms with E-state index in [0.717, 1.165) is 18.4 Å². The van der Waals surface area contributed by atoms with Crippen LogP contribution in [0.5, 0.6) is 5.75 Å². The highest BCUT2D eigenvalue weighted by Crippen LogP contribution is 2.41. The summed E-state index contributed by atoms with van der Waals surface area (Å²) < 4.78 is 11.8. The maximum atomic E-state index is 10.5. The van der Waals surface area contributed by atoms with E-state index in [1.54, 1.807) is 12.1 Å². The fourth-order valence-corrected chi connectivity index (χ4v) is 2.83. The molecule has 0 aromatic heterocycles. The quantitative estimate of drug-likeness (QED) is 0.581. The molecule has 132 valence electrons. The van der Waals surface area contributed by atoms with E-state index in [1.165, 1.54) is 0 Å². The van der Waals surface area contributed by atoms with Crippen molar-refractivity contribution in [1.82, 2.24) is 0 Å². The Bertz CT molecular complexity index is 579. The fourth-order valence-electron chi connectivity index (χ4n) is 2.83. The summed E-state index contributed by atoms with van der Waals surface area (Å²) in [5.74, 6) is -1.12. The zero-order valence-corrected chi connectivity index (χ0v) is 14.3. The number of benzene rings is 1. The molecule has 24 heavy (non-hydrogen) atoms. The Morgan fingerprint density at radius 1 is 1.33 bits per heavy atom. The van der Waals surface area contributed by atoms with E-state index in [2.05, 4.69) is 0 Å². The molecule has 1 saturated heterocycles. The van der Waals surface area contributed by atoms with Crippen LogP contribution in [-0.4, -0.2) is 28.6 Å². The van der Waals surface area contributed by atoms with Crippen molar-refractivity contribution in [3.8, 4) is 5.75 Å². The molecule has 0 radical (unpaired) electrons. The van der Waals surface area contributed by atoms with Gasteiger partial charge in [-0.25, -0.2) is 0 Å². The van der Waals surface area contributed by atoms with Crippen molar-refractivity contribution in [3.05, 3.63) is 42.0 Å². The van der Waals surface area contributed by atoms with Crippen molar-refractivity contribution in [2.24, 2.45) is 5.92 Å². The summed E-state index contributed by atoms with van der Waals surface area (Å²) in [5.41, 5.74) is 0.776. The zero-order chi connectivity index (χ0) is 17.6. The van der Waals surface area contributed by atoms with Gasteiger partial charge in [0.15, 0.2) is 5.79 Å². The second kappa shape index (κ2) is 8.31. The number of hydrogen-bond acceptors (Lipinski definition) is 4. The highest BCUT2D eigenvalue weighted by molar-refractivity contribution is 5.66. The standard InChI is InChI=1S/C19H26O5/c1-19(2)23-13-14(9-5-3-4-6-12-17(21)22)18(24-19)15-10-7-8-11-16(15)20/h3,5,7-8,10-11,14,18,20H,4,6,9,12-13H2,1-2H3,(H,21,22)/b5-3-. The predicted octanol–water partition coefficient (Wildman–Crippen LogP) is 4.03. The summed E-state index contributed by atoms with van der Waals surface area (Å²) in [4.78, 5) is 10.5. The summed E-state index contributed by atoms with van der Waals surface area (Å²) in [5, 5.41) is 18.8. The summed E-state index contributed by atoms with van der Waals surface area (Å²) in [6, 6.07) is 7.23. The number of allylic oxidation sites excluding steroid dienone is 2. The molecule has 2 rings (SSSR count). The van der Waals surface area contributed by atoms with Gasteiger partial charge in [0.2, 0.25) is 0 Å². The molecule has 5 heteroatoms. The number of phenols is 1. The van der Waals surface area contributed by atoms with E-state index in [9.17, 15) is 9.90 Å². The number of rotatable bonds is 7. The van der Waals surface area contributed by atoms with E-state index < -0.39 is 11.8 Å². The minimum atomic E-state index is -0.765. The molecule has 0 aliphatic carbocycles. The van der Waals surface area contributed by atoms with E-state index in [-0.39, 0.29) is 24.2 Å². The van der Waals surface area contributed by atoms with Gasteiger partial charge in [-0.2, -0.15) is 0 Å². The highest BCUT2D eigenvalue weighted by atomic mass is 16.7. The predicted molar refractivity (Wildman–Crippen MR) is 90.7 cm³/mol. The summed E-state index contributed by atoms with van der Waals surface area (Å²) >= 11 is 0.